The summed E-state index contributed by atoms with van der Waals surface area (Å²) in [5.41, 5.74) is 2.02. The second-order valence-corrected chi connectivity index (χ2v) is 3.85. The second kappa shape index (κ2) is 2.75. The van der Waals surface area contributed by atoms with Crippen molar-refractivity contribution in [1.29, 1.82) is 0 Å². The van der Waals surface area contributed by atoms with Crippen LogP contribution in [0.5, 0.6) is 5.75 Å². The molecule has 2 rings (SSSR count). The van der Waals surface area contributed by atoms with E-state index in [1.54, 1.807) is 0 Å². The molecule has 2 nitrogen and oxygen atoms in total. The Morgan fingerprint density at radius 1 is 1.58 bits per heavy atom. The summed E-state index contributed by atoms with van der Waals surface area (Å²) in [4.78, 5) is 0. The largest absolute Gasteiger partial charge is 0.489 e. The van der Waals surface area contributed by atoms with Crippen molar-refractivity contribution < 1.29 is 9.84 Å². The van der Waals surface area contributed by atoms with Crippen molar-refractivity contribution in [1.82, 2.24) is 0 Å². The highest BCUT2D eigenvalue weighted by Gasteiger charge is 2.23. The molecule has 0 aromatic heterocycles. The predicted octanol–water partition coefficient (Wildman–Crippen LogP) is 2.18. The number of benzene rings is 1. The van der Waals surface area contributed by atoms with Gasteiger partial charge < -0.3 is 9.84 Å². The number of fused-ring (bicyclic) bond motifs is 1. The molecule has 0 saturated heterocycles. The van der Waals surface area contributed by atoms with Crippen molar-refractivity contribution in [2.24, 2.45) is 0 Å². The van der Waals surface area contributed by atoms with Gasteiger partial charge in [-0.1, -0.05) is 0 Å². The summed E-state index contributed by atoms with van der Waals surface area (Å²) < 4.78 is 6.22. The lowest BCUT2D eigenvalue weighted by molar-refractivity contribution is 0.140. The molecule has 1 N–H and O–H groups in total. The molecule has 64 valence electrons. The molecule has 1 aromatic carbocycles. The van der Waals surface area contributed by atoms with Gasteiger partial charge in [0.05, 0.1) is 4.47 Å². The summed E-state index contributed by atoms with van der Waals surface area (Å²) in [6.45, 7) is 2.37. The zero-order valence-electron chi connectivity index (χ0n) is 6.67. The topological polar surface area (TPSA) is 29.5 Å². The Balaban J connectivity index is 2.60. The van der Waals surface area contributed by atoms with Gasteiger partial charge in [-0.3, -0.25) is 0 Å². The molecule has 0 bridgehead atoms. The second-order valence-electron chi connectivity index (χ2n) is 2.99. The fraction of sp³-hybridized carbons (Fsp3) is 0.333. The molecule has 12 heavy (non-hydrogen) atoms. The molecule has 0 aliphatic carbocycles. The van der Waals surface area contributed by atoms with Gasteiger partial charge in [-0.2, -0.15) is 0 Å². The van der Waals surface area contributed by atoms with Crippen molar-refractivity contribution in [2.45, 2.75) is 13.0 Å². The molecule has 0 fully saturated rings. The van der Waals surface area contributed by atoms with E-state index in [1.807, 2.05) is 19.1 Å². The van der Waals surface area contributed by atoms with E-state index in [0.717, 1.165) is 21.3 Å². The van der Waals surface area contributed by atoms with Gasteiger partial charge in [-0.15, -0.1) is 0 Å². The molecule has 3 heteroatoms. The van der Waals surface area contributed by atoms with Gasteiger partial charge in [0.1, 0.15) is 18.5 Å². The van der Waals surface area contributed by atoms with E-state index in [9.17, 15) is 5.11 Å². The molecule has 0 spiro atoms. The molecular weight excluding hydrogens is 220 g/mol. The number of ether oxygens (including phenoxy) is 1. The van der Waals surface area contributed by atoms with E-state index in [1.165, 1.54) is 0 Å². The fourth-order valence-electron chi connectivity index (χ4n) is 1.41. The van der Waals surface area contributed by atoms with Crippen LogP contribution in [0.15, 0.2) is 16.6 Å². The molecule has 0 radical (unpaired) electrons. The first-order chi connectivity index (χ1) is 5.68. The third kappa shape index (κ3) is 1.13. The Morgan fingerprint density at radius 3 is 3.08 bits per heavy atom. The van der Waals surface area contributed by atoms with E-state index in [0.29, 0.717) is 6.61 Å². The molecule has 0 saturated carbocycles. The van der Waals surface area contributed by atoms with Crippen LogP contribution in [0.25, 0.3) is 0 Å². The first kappa shape index (κ1) is 8.08. The van der Waals surface area contributed by atoms with Crippen molar-refractivity contribution in [3.05, 3.63) is 27.7 Å². The maximum Gasteiger partial charge on any atom is 0.139 e. The minimum absolute atomic E-state index is 0.372. The van der Waals surface area contributed by atoms with Crippen LogP contribution in [-0.2, 0) is 0 Å². The molecular formula is C9H9BrO2. The van der Waals surface area contributed by atoms with E-state index < -0.39 is 6.10 Å². The third-order valence-electron chi connectivity index (χ3n) is 1.96. The summed E-state index contributed by atoms with van der Waals surface area (Å²) in [6.07, 6.45) is -0.462. The molecule has 1 aromatic rings. The number of aliphatic hydroxyl groups is 1. The van der Waals surface area contributed by atoms with Gasteiger partial charge in [0.25, 0.3) is 0 Å². The van der Waals surface area contributed by atoms with Gasteiger partial charge >= 0.3 is 0 Å². The Hall–Kier alpha value is -0.540. The lowest BCUT2D eigenvalue weighted by Crippen LogP contribution is -1.97. The Labute approximate surface area is 79.3 Å². The minimum atomic E-state index is -0.462. The van der Waals surface area contributed by atoms with Gasteiger partial charge in [-0.05, 0) is 40.5 Å². The lowest BCUT2D eigenvalue weighted by Gasteiger charge is -2.03. The third-order valence-corrected chi connectivity index (χ3v) is 2.55. The van der Waals surface area contributed by atoms with E-state index in [-0.39, 0.29) is 0 Å². The first-order valence-electron chi connectivity index (χ1n) is 3.79. The zero-order valence-corrected chi connectivity index (χ0v) is 8.26. The SMILES string of the molecule is Cc1cc(Br)c2c(c1)[C@H](O)CO2. The van der Waals surface area contributed by atoms with Crippen LogP contribution in [0, 0.1) is 6.92 Å². The van der Waals surface area contributed by atoms with E-state index in [4.69, 9.17) is 4.74 Å². The summed E-state index contributed by atoms with van der Waals surface area (Å²) >= 11 is 3.39. The summed E-state index contributed by atoms with van der Waals surface area (Å²) in [5, 5.41) is 9.48. The van der Waals surface area contributed by atoms with Crippen molar-refractivity contribution >= 4 is 15.9 Å². The molecule has 0 amide bonds. The normalized spacial score (nSPS) is 20.4. The van der Waals surface area contributed by atoms with Crippen LogP contribution in [0.4, 0.5) is 0 Å². The predicted molar refractivity (Wildman–Crippen MR) is 49.3 cm³/mol. The number of aliphatic hydroxyl groups excluding tert-OH is 1. The summed E-state index contributed by atoms with van der Waals surface area (Å²) in [5.74, 6) is 0.785. The number of rotatable bonds is 0. The highest BCUT2D eigenvalue weighted by atomic mass is 79.9. The molecule has 1 aliphatic heterocycles. The molecule has 0 unspecified atom stereocenters. The standard InChI is InChI=1S/C9H9BrO2/c1-5-2-6-8(11)4-12-9(6)7(10)3-5/h2-3,8,11H,4H2,1H3/t8-/m1/s1. The van der Waals surface area contributed by atoms with E-state index in [2.05, 4.69) is 15.9 Å². The van der Waals surface area contributed by atoms with Gasteiger partial charge in [-0.25, -0.2) is 0 Å². The Bertz CT molecular complexity index is 323. The minimum Gasteiger partial charge on any atom is -0.489 e. The number of aryl methyl sites for hydroxylation is 1. The van der Waals surface area contributed by atoms with E-state index >= 15 is 0 Å². The number of hydrogen-bond acceptors (Lipinski definition) is 2. The highest BCUT2D eigenvalue weighted by molar-refractivity contribution is 9.10. The smallest absolute Gasteiger partial charge is 0.139 e. The average molecular weight is 229 g/mol. The maximum absolute atomic E-state index is 9.48. The van der Waals surface area contributed by atoms with Crippen molar-refractivity contribution in [3.8, 4) is 5.75 Å². The van der Waals surface area contributed by atoms with Crippen LogP contribution in [0.3, 0.4) is 0 Å². The fourth-order valence-corrected chi connectivity index (χ4v) is 2.11. The summed E-state index contributed by atoms with van der Waals surface area (Å²) in [6, 6.07) is 3.94. The lowest BCUT2D eigenvalue weighted by atomic mass is 10.1. The molecule has 1 atom stereocenters. The maximum atomic E-state index is 9.48. The molecule has 1 aliphatic rings. The monoisotopic (exact) mass is 228 g/mol. The molecule has 1 heterocycles. The average Bonchev–Trinajstić information content (AvgIpc) is 2.33. The Morgan fingerprint density at radius 2 is 2.33 bits per heavy atom. The highest BCUT2D eigenvalue weighted by Crippen LogP contribution is 2.39. The van der Waals surface area contributed by atoms with Crippen LogP contribution in [0.2, 0.25) is 0 Å². The summed E-state index contributed by atoms with van der Waals surface area (Å²) in [7, 11) is 0. The van der Waals surface area contributed by atoms with Crippen LogP contribution in [-0.4, -0.2) is 11.7 Å². The van der Waals surface area contributed by atoms with Crippen LogP contribution < -0.4 is 4.74 Å². The zero-order chi connectivity index (χ0) is 8.72. The quantitative estimate of drug-likeness (QED) is 0.738. The van der Waals surface area contributed by atoms with Crippen molar-refractivity contribution in [3.63, 3.8) is 0 Å². The number of hydrogen-bond donors (Lipinski definition) is 1. The van der Waals surface area contributed by atoms with Crippen molar-refractivity contribution in [2.75, 3.05) is 6.61 Å². The van der Waals surface area contributed by atoms with Gasteiger partial charge in [0.2, 0.25) is 0 Å². The van der Waals surface area contributed by atoms with Gasteiger partial charge in [0, 0.05) is 5.56 Å². The number of halogens is 1. The Kier molecular flexibility index (Phi) is 1.85. The van der Waals surface area contributed by atoms with Crippen LogP contribution >= 0.6 is 15.9 Å². The first-order valence-corrected chi connectivity index (χ1v) is 4.58. The van der Waals surface area contributed by atoms with Gasteiger partial charge in [0.15, 0.2) is 0 Å². The van der Waals surface area contributed by atoms with Crippen LogP contribution in [0.1, 0.15) is 17.2 Å².